The van der Waals surface area contributed by atoms with Gasteiger partial charge in [0.1, 0.15) is 11.5 Å². The number of ether oxygens (including phenoxy) is 2. The normalized spacial score (nSPS) is 14.1. The summed E-state index contributed by atoms with van der Waals surface area (Å²) in [5.74, 6) is 0.861. The maximum Gasteiger partial charge on any atom is 0.257 e. The topological polar surface area (TPSA) is 84.9 Å². The number of nitrogens with one attached hydrogen (secondary N) is 1. The molecule has 0 atom stereocenters. The zero-order valence-corrected chi connectivity index (χ0v) is 16.8. The van der Waals surface area contributed by atoms with E-state index in [2.05, 4.69) is 4.72 Å². The fraction of sp³-hybridized carbons (Fsp3) is 0.350. The second-order valence-electron chi connectivity index (χ2n) is 6.53. The molecule has 7 nitrogen and oxygen atoms in total. The van der Waals surface area contributed by atoms with Crippen molar-refractivity contribution in [2.75, 3.05) is 27.3 Å². The summed E-state index contributed by atoms with van der Waals surface area (Å²) in [6.45, 7) is 1.48. The molecule has 1 aliphatic heterocycles. The summed E-state index contributed by atoms with van der Waals surface area (Å²) >= 11 is 0. The maximum atomic E-state index is 12.8. The average Bonchev–Trinajstić information content (AvgIpc) is 3.26. The van der Waals surface area contributed by atoms with E-state index < -0.39 is 10.0 Å². The van der Waals surface area contributed by atoms with E-state index in [0.717, 1.165) is 18.4 Å². The van der Waals surface area contributed by atoms with Crippen LogP contribution in [0.25, 0.3) is 0 Å². The SMILES string of the molecule is COc1ccc(CNS(=O)(=O)c2ccc(OC)c(C(=O)N3CCCC3)c2)cc1. The summed E-state index contributed by atoms with van der Waals surface area (Å²) in [7, 11) is -0.750. The number of sulfonamides is 1. The van der Waals surface area contributed by atoms with Crippen molar-refractivity contribution in [1.82, 2.24) is 9.62 Å². The molecule has 0 spiro atoms. The number of methoxy groups -OCH3 is 2. The lowest BCUT2D eigenvalue weighted by Crippen LogP contribution is -2.29. The third-order valence-corrected chi connectivity index (χ3v) is 6.13. The van der Waals surface area contributed by atoms with Gasteiger partial charge in [-0.2, -0.15) is 0 Å². The zero-order chi connectivity index (χ0) is 20.1. The molecule has 2 aromatic rings. The number of benzene rings is 2. The van der Waals surface area contributed by atoms with Crippen molar-refractivity contribution < 1.29 is 22.7 Å². The molecule has 2 aromatic carbocycles. The minimum Gasteiger partial charge on any atom is -0.497 e. The van der Waals surface area contributed by atoms with Gasteiger partial charge < -0.3 is 14.4 Å². The largest absolute Gasteiger partial charge is 0.497 e. The molecule has 1 saturated heterocycles. The van der Waals surface area contributed by atoms with Gasteiger partial charge in [0.05, 0.1) is 24.7 Å². The van der Waals surface area contributed by atoms with Crippen LogP contribution in [-0.2, 0) is 16.6 Å². The van der Waals surface area contributed by atoms with Crippen LogP contribution in [-0.4, -0.2) is 46.5 Å². The lowest BCUT2D eigenvalue weighted by atomic mass is 10.1. The first-order valence-electron chi connectivity index (χ1n) is 9.04. The van der Waals surface area contributed by atoms with Crippen LogP contribution >= 0.6 is 0 Å². The number of amides is 1. The molecular weight excluding hydrogens is 380 g/mol. The van der Waals surface area contributed by atoms with Gasteiger partial charge >= 0.3 is 0 Å². The van der Waals surface area contributed by atoms with E-state index in [-0.39, 0.29) is 22.9 Å². The minimum absolute atomic E-state index is 0.0318. The third kappa shape index (κ3) is 4.45. The Bertz CT molecular complexity index is 936. The van der Waals surface area contributed by atoms with Crippen molar-refractivity contribution in [3.8, 4) is 11.5 Å². The van der Waals surface area contributed by atoms with Crippen LogP contribution in [0.2, 0.25) is 0 Å². The number of likely N-dealkylation sites (tertiary alicyclic amines) is 1. The highest BCUT2D eigenvalue weighted by Gasteiger charge is 2.25. The Hall–Kier alpha value is -2.58. The van der Waals surface area contributed by atoms with Crippen molar-refractivity contribution in [3.05, 3.63) is 53.6 Å². The molecule has 1 heterocycles. The van der Waals surface area contributed by atoms with Crippen molar-refractivity contribution >= 4 is 15.9 Å². The van der Waals surface area contributed by atoms with Crippen LogP contribution in [0.4, 0.5) is 0 Å². The second-order valence-corrected chi connectivity index (χ2v) is 8.30. The highest BCUT2D eigenvalue weighted by atomic mass is 32.2. The molecule has 1 aliphatic rings. The summed E-state index contributed by atoms with van der Waals surface area (Å²) in [6.07, 6.45) is 1.91. The van der Waals surface area contributed by atoms with Gasteiger partial charge in [-0.1, -0.05) is 12.1 Å². The number of carbonyl (C=O) groups is 1. The Morgan fingerprint density at radius 2 is 1.71 bits per heavy atom. The Morgan fingerprint density at radius 3 is 2.32 bits per heavy atom. The van der Waals surface area contributed by atoms with Gasteiger partial charge in [0, 0.05) is 19.6 Å². The van der Waals surface area contributed by atoms with Crippen LogP contribution in [0.5, 0.6) is 11.5 Å². The van der Waals surface area contributed by atoms with E-state index in [1.807, 2.05) is 0 Å². The van der Waals surface area contributed by atoms with Gasteiger partial charge in [-0.05, 0) is 48.7 Å². The molecule has 0 unspecified atom stereocenters. The molecule has 0 aromatic heterocycles. The lowest BCUT2D eigenvalue weighted by molar-refractivity contribution is 0.0789. The first-order valence-corrected chi connectivity index (χ1v) is 10.5. The Morgan fingerprint density at radius 1 is 1.04 bits per heavy atom. The van der Waals surface area contributed by atoms with Gasteiger partial charge in [0.25, 0.3) is 5.91 Å². The number of carbonyl (C=O) groups excluding carboxylic acids is 1. The molecule has 0 radical (unpaired) electrons. The monoisotopic (exact) mass is 404 g/mol. The van der Waals surface area contributed by atoms with Crippen LogP contribution in [0.3, 0.4) is 0 Å². The summed E-state index contributed by atoms with van der Waals surface area (Å²) in [5.41, 5.74) is 1.06. The van der Waals surface area contributed by atoms with Crippen molar-refractivity contribution in [1.29, 1.82) is 0 Å². The number of rotatable bonds is 7. The van der Waals surface area contributed by atoms with Crippen LogP contribution in [0.1, 0.15) is 28.8 Å². The first kappa shape index (κ1) is 20.2. The van der Waals surface area contributed by atoms with Gasteiger partial charge in [-0.25, -0.2) is 13.1 Å². The Balaban J connectivity index is 1.80. The van der Waals surface area contributed by atoms with Crippen LogP contribution < -0.4 is 14.2 Å². The second kappa shape index (κ2) is 8.62. The Kier molecular flexibility index (Phi) is 6.21. The third-order valence-electron chi connectivity index (χ3n) is 4.73. The van der Waals surface area contributed by atoms with Crippen molar-refractivity contribution in [3.63, 3.8) is 0 Å². The van der Waals surface area contributed by atoms with Crippen molar-refractivity contribution in [2.45, 2.75) is 24.3 Å². The quantitative estimate of drug-likeness (QED) is 0.766. The minimum atomic E-state index is -3.79. The molecular formula is C20H24N2O5S. The fourth-order valence-corrected chi connectivity index (χ4v) is 4.16. The highest BCUT2D eigenvalue weighted by molar-refractivity contribution is 7.89. The summed E-state index contributed by atoms with van der Waals surface area (Å²) in [5, 5.41) is 0. The van der Waals surface area contributed by atoms with E-state index >= 15 is 0 Å². The maximum absolute atomic E-state index is 12.8. The zero-order valence-electron chi connectivity index (χ0n) is 16.0. The molecule has 0 saturated carbocycles. The molecule has 1 N–H and O–H groups in total. The highest BCUT2D eigenvalue weighted by Crippen LogP contribution is 2.25. The van der Waals surface area contributed by atoms with Gasteiger partial charge in [0.2, 0.25) is 10.0 Å². The van der Waals surface area contributed by atoms with Crippen LogP contribution in [0.15, 0.2) is 47.4 Å². The molecule has 8 heteroatoms. The van der Waals surface area contributed by atoms with Crippen molar-refractivity contribution in [2.24, 2.45) is 0 Å². The molecule has 150 valence electrons. The summed E-state index contributed by atoms with van der Waals surface area (Å²) in [6, 6.07) is 11.5. The van der Waals surface area contributed by atoms with Gasteiger partial charge in [0.15, 0.2) is 0 Å². The molecule has 28 heavy (non-hydrogen) atoms. The number of hydrogen-bond donors (Lipinski definition) is 1. The summed E-state index contributed by atoms with van der Waals surface area (Å²) in [4.78, 5) is 14.5. The van der Waals surface area contributed by atoms with E-state index in [9.17, 15) is 13.2 Å². The molecule has 0 aliphatic carbocycles. The molecule has 1 amide bonds. The summed E-state index contributed by atoms with van der Waals surface area (Å²) < 4.78 is 38.4. The first-order chi connectivity index (χ1) is 13.4. The van der Waals surface area contributed by atoms with Gasteiger partial charge in [-0.15, -0.1) is 0 Å². The smallest absolute Gasteiger partial charge is 0.257 e. The predicted molar refractivity (Wildman–Crippen MR) is 105 cm³/mol. The lowest BCUT2D eigenvalue weighted by Gasteiger charge is -2.18. The van der Waals surface area contributed by atoms with E-state index in [1.54, 1.807) is 36.3 Å². The van der Waals surface area contributed by atoms with Gasteiger partial charge in [-0.3, -0.25) is 4.79 Å². The number of nitrogens with zero attached hydrogens (tertiary/aromatic N) is 1. The molecule has 1 fully saturated rings. The van der Waals surface area contributed by atoms with E-state index in [4.69, 9.17) is 9.47 Å². The standard InChI is InChI=1S/C20H24N2O5S/c1-26-16-7-5-15(6-8-16)14-21-28(24,25)17-9-10-19(27-2)18(13-17)20(23)22-11-3-4-12-22/h5-10,13,21H,3-4,11-12,14H2,1-2H3. The van der Waals surface area contributed by atoms with E-state index in [1.165, 1.54) is 25.3 Å². The molecule has 3 rings (SSSR count). The van der Waals surface area contributed by atoms with Crippen LogP contribution in [0, 0.1) is 0 Å². The average molecular weight is 404 g/mol. The fourth-order valence-electron chi connectivity index (χ4n) is 3.12. The Labute approximate surface area is 165 Å². The number of hydrogen-bond acceptors (Lipinski definition) is 5. The molecule has 0 bridgehead atoms. The predicted octanol–water partition coefficient (Wildman–Crippen LogP) is 2.42. The van der Waals surface area contributed by atoms with E-state index in [0.29, 0.717) is 24.6 Å².